The molecule has 2 fully saturated rings. The summed E-state index contributed by atoms with van der Waals surface area (Å²) in [7, 11) is 0. The summed E-state index contributed by atoms with van der Waals surface area (Å²) < 4.78 is 26.3. The van der Waals surface area contributed by atoms with Gasteiger partial charge in [0, 0.05) is 23.1 Å². The van der Waals surface area contributed by atoms with Crippen molar-refractivity contribution in [2.24, 2.45) is 0 Å². The van der Waals surface area contributed by atoms with Gasteiger partial charge in [-0.15, -0.1) is 0 Å². The summed E-state index contributed by atoms with van der Waals surface area (Å²) >= 11 is 5.83. The number of nitrogens with zero attached hydrogens (tertiary/aromatic N) is 4. The zero-order valence-corrected chi connectivity index (χ0v) is 22.8. The first-order valence-corrected chi connectivity index (χ1v) is 12.4. The summed E-state index contributed by atoms with van der Waals surface area (Å²) in [5.74, 6) is -0.413. The maximum Gasteiger partial charge on any atom is 0.410 e. The number of rotatable bonds is 4. The second-order valence-corrected chi connectivity index (χ2v) is 11.2. The third-order valence-corrected chi connectivity index (χ3v) is 6.84. The molecule has 2 aromatic carbocycles. The van der Waals surface area contributed by atoms with Crippen molar-refractivity contribution in [1.29, 1.82) is 5.26 Å². The Balaban J connectivity index is 1.50. The molecule has 0 unspecified atom stereocenters. The second-order valence-electron chi connectivity index (χ2n) is 10.8. The Morgan fingerprint density at radius 2 is 1.84 bits per heavy atom. The normalized spacial score (nSPS) is 17.5. The minimum absolute atomic E-state index is 0.110. The van der Waals surface area contributed by atoms with E-state index >= 15 is 4.39 Å². The topological polar surface area (TPSA) is 69.0 Å². The maximum atomic E-state index is 15.2. The molecule has 0 radical (unpaired) electrons. The van der Waals surface area contributed by atoms with E-state index in [9.17, 15) is 10.1 Å². The largest absolute Gasteiger partial charge is 0.484 e. The molecule has 194 valence electrons. The van der Waals surface area contributed by atoms with Crippen molar-refractivity contribution < 1.29 is 18.7 Å². The highest BCUT2D eigenvalue weighted by Gasteiger charge is 2.46. The van der Waals surface area contributed by atoms with Crippen molar-refractivity contribution in [3.63, 3.8) is 0 Å². The molecule has 0 aliphatic carbocycles. The van der Waals surface area contributed by atoms with Crippen LogP contribution in [0.4, 0.5) is 20.6 Å². The highest BCUT2D eigenvalue weighted by Crippen LogP contribution is 2.42. The molecule has 0 spiro atoms. The van der Waals surface area contributed by atoms with E-state index in [1.807, 2.05) is 63.5 Å². The summed E-state index contributed by atoms with van der Waals surface area (Å²) in [5, 5.41) is 9.73. The molecule has 1 amide bonds. The van der Waals surface area contributed by atoms with Gasteiger partial charge in [0.2, 0.25) is 0 Å². The minimum atomic E-state index is -0.629. The smallest absolute Gasteiger partial charge is 0.410 e. The van der Waals surface area contributed by atoms with E-state index in [0.29, 0.717) is 29.5 Å². The molecule has 9 heteroatoms. The first-order chi connectivity index (χ1) is 17.2. The molecule has 2 aliphatic heterocycles. The third kappa shape index (κ3) is 4.98. The number of benzene rings is 2. The van der Waals surface area contributed by atoms with E-state index < -0.39 is 23.1 Å². The van der Waals surface area contributed by atoms with Crippen LogP contribution in [-0.2, 0) is 4.74 Å². The highest BCUT2D eigenvalue weighted by atomic mass is 32.1. The van der Waals surface area contributed by atoms with E-state index in [0.717, 1.165) is 16.9 Å². The van der Waals surface area contributed by atoms with E-state index in [4.69, 9.17) is 21.7 Å². The zero-order chi connectivity index (χ0) is 27.3. The summed E-state index contributed by atoms with van der Waals surface area (Å²) in [6.07, 6.45) is -0.720. The van der Waals surface area contributed by atoms with Gasteiger partial charge < -0.3 is 19.3 Å². The minimum Gasteiger partial charge on any atom is -0.484 e. The Labute approximate surface area is 222 Å². The van der Waals surface area contributed by atoms with Gasteiger partial charge in [-0.1, -0.05) is 6.58 Å². The number of hydrogen-bond acceptors (Lipinski definition) is 5. The van der Waals surface area contributed by atoms with Crippen molar-refractivity contribution in [3.8, 4) is 11.8 Å². The molecular formula is C28H31FN4O3S. The van der Waals surface area contributed by atoms with E-state index in [2.05, 4.69) is 12.6 Å². The zero-order valence-electron chi connectivity index (χ0n) is 22.0. The molecule has 0 atom stereocenters. The number of anilines is 2. The van der Waals surface area contributed by atoms with Crippen LogP contribution in [0.15, 0.2) is 48.7 Å². The number of halogens is 1. The second kappa shape index (κ2) is 9.34. The van der Waals surface area contributed by atoms with Crippen LogP contribution in [-0.4, -0.2) is 46.4 Å². The van der Waals surface area contributed by atoms with Gasteiger partial charge >= 0.3 is 6.09 Å². The van der Waals surface area contributed by atoms with Gasteiger partial charge in [0.25, 0.3) is 0 Å². The standard InChI is InChI=1S/C28H31FN4O3S/c1-17-12-20(9-8-19(17)14-30)32-18(2)28(6,7)33(25(32)37)21-10-11-24(23(29)13-21)35-22-15-31(16-22)26(34)36-27(3,4)5/h8-13,22H,2,15-16H2,1,3-7H3. The van der Waals surface area contributed by atoms with Gasteiger partial charge in [-0.3, -0.25) is 4.90 Å². The van der Waals surface area contributed by atoms with Crippen molar-refractivity contribution in [1.82, 2.24) is 4.90 Å². The lowest BCUT2D eigenvalue weighted by molar-refractivity contribution is -0.0229. The molecule has 2 heterocycles. The Kier molecular flexibility index (Phi) is 6.67. The first kappa shape index (κ1) is 26.4. The number of likely N-dealkylation sites (tertiary alicyclic amines) is 1. The first-order valence-electron chi connectivity index (χ1n) is 12.0. The molecule has 0 N–H and O–H groups in total. The average molecular weight is 523 g/mol. The SMILES string of the molecule is C=C1N(c2ccc(C#N)c(C)c2)C(=S)N(c2ccc(OC3CN(C(=O)OC(C)(C)C)C3)c(F)c2)C1(C)C. The van der Waals surface area contributed by atoms with Gasteiger partial charge in [0.1, 0.15) is 11.7 Å². The molecule has 2 aliphatic rings. The van der Waals surface area contributed by atoms with Gasteiger partial charge in [0.05, 0.1) is 30.3 Å². The fourth-order valence-electron chi connectivity index (χ4n) is 4.36. The lowest BCUT2D eigenvalue weighted by Gasteiger charge is -2.39. The predicted molar refractivity (Wildman–Crippen MR) is 145 cm³/mol. The predicted octanol–water partition coefficient (Wildman–Crippen LogP) is 5.91. The Hall–Kier alpha value is -3.64. The number of thiocarbonyl (C=S) groups is 1. The third-order valence-electron chi connectivity index (χ3n) is 6.47. The summed E-state index contributed by atoms with van der Waals surface area (Å²) in [5.41, 5.74) is 2.32. The number of amides is 1. The maximum absolute atomic E-state index is 15.2. The number of hydrogen-bond donors (Lipinski definition) is 0. The van der Waals surface area contributed by atoms with Gasteiger partial charge in [-0.2, -0.15) is 5.26 Å². The molecule has 2 aromatic rings. The van der Waals surface area contributed by atoms with E-state index in [1.54, 1.807) is 18.2 Å². The van der Waals surface area contributed by atoms with Crippen LogP contribution in [0.25, 0.3) is 0 Å². The van der Waals surface area contributed by atoms with Crippen molar-refractivity contribution in [2.45, 2.75) is 58.8 Å². The summed E-state index contributed by atoms with van der Waals surface area (Å²) in [4.78, 5) is 17.4. The Morgan fingerprint density at radius 3 is 2.41 bits per heavy atom. The monoisotopic (exact) mass is 522 g/mol. The van der Waals surface area contributed by atoms with Crippen molar-refractivity contribution >= 4 is 34.8 Å². The van der Waals surface area contributed by atoms with Crippen LogP contribution in [0, 0.1) is 24.1 Å². The fraction of sp³-hybridized carbons (Fsp3) is 0.393. The van der Waals surface area contributed by atoms with Crippen LogP contribution in [0.5, 0.6) is 5.75 Å². The van der Waals surface area contributed by atoms with Gasteiger partial charge in [0.15, 0.2) is 16.7 Å². The molecule has 4 rings (SSSR count). The van der Waals surface area contributed by atoms with Crippen molar-refractivity contribution in [3.05, 3.63) is 65.6 Å². The molecule has 0 bridgehead atoms. The van der Waals surface area contributed by atoms with Crippen LogP contribution in [0.3, 0.4) is 0 Å². The molecule has 7 nitrogen and oxygen atoms in total. The lowest BCUT2D eigenvalue weighted by Crippen LogP contribution is -2.57. The Morgan fingerprint density at radius 1 is 1.19 bits per heavy atom. The molecule has 0 aromatic heterocycles. The number of aryl methyl sites for hydroxylation is 1. The van der Waals surface area contributed by atoms with Crippen molar-refractivity contribution in [2.75, 3.05) is 22.9 Å². The van der Waals surface area contributed by atoms with E-state index in [-0.39, 0.29) is 11.9 Å². The number of carbonyl (C=O) groups is 1. The number of ether oxygens (including phenoxy) is 2. The summed E-state index contributed by atoms with van der Waals surface area (Å²) in [6, 6.07) is 12.4. The van der Waals surface area contributed by atoms with Crippen LogP contribution >= 0.6 is 12.2 Å². The van der Waals surface area contributed by atoms with Gasteiger partial charge in [-0.05, 0) is 89.7 Å². The molecule has 0 saturated carbocycles. The molecule has 2 saturated heterocycles. The quantitative estimate of drug-likeness (QED) is 0.463. The lowest BCUT2D eigenvalue weighted by atomic mass is 9.99. The molecule has 37 heavy (non-hydrogen) atoms. The van der Waals surface area contributed by atoms with Crippen LogP contribution in [0.1, 0.15) is 45.7 Å². The summed E-state index contributed by atoms with van der Waals surface area (Å²) in [6.45, 7) is 16.2. The van der Waals surface area contributed by atoms with E-state index in [1.165, 1.54) is 11.0 Å². The molecular weight excluding hydrogens is 491 g/mol. The average Bonchev–Trinajstić information content (AvgIpc) is 2.93. The van der Waals surface area contributed by atoms with Crippen LogP contribution < -0.4 is 14.5 Å². The number of nitriles is 1. The highest BCUT2D eigenvalue weighted by molar-refractivity contribution is 7.80. The number of carbonyl (C=O) groups excluding carboxylic acids is 1. The van der Waals surface area contributed by atoms with Crippen LogP contribution in [0.2, 0.25) is 0 Å². The van der Waals surface area contributed by atoms with Gasteiger partial charge in [-0.25, -0.2) is 9.18 Å². The fourth-order valence-corrected chi connectivity index (χ4v) is 4.91. The Bertz CT molecular complexity index is 1320.